The molecule has 2 aromatic heterocycles. The number of benzene rings is 6. The van der Waals surface area contributed by atoms with Crippen LogP contribution in [0.2, 0.25) is 0 Å². The van der Waals surface area contributed by atoms with Gasteiger partial charge in [-0.2, -0.15) is 0 Å². The lowest BCUT2D eigenvalue weighted by Gasteiger charge is -2.16. The third-order valence-corrected chi connectivity index (χ3v) is 7.91. The lowest BCUT2D eigenvalue weighted by molar-refractivity contribution is 1.13. The predicted molar refractivity (Wildman–Crippen MR) is 174 cm³/mol. The van der Waals surface area contributed by atoms with Crippen LogP contribution >= 0.6 is 0 Å². The van der Waals surface area contributed by atoms with Crippen LogP contribution in [0.4, 0.5) is 5.69 Å². The molecule has 3 heteroatoms. The van der Waals surface area contributed by atoms with E-state index in [-0.39, 0.29) is 7.43 Å². The fraction of sp³-hybridized carbons (Fsp3) is 0.0263. The first-order chi connectivity index (χ1) is 19.8. The summed E-state index contributed by atoms with van der Waals surface area (Å²) in [5, 5.41) is 4.90. The number of fused-ring (bicyclic) bond motifs is 6. The Morgan fingerprint density at radius 1 is 0.439 bits per heavy atom. The van der Waals surface area contributed by atoms with Crippen LogP contribution in [0.3, 0.4) is 0 Å². The normalized spacial score (nSPS) is 11.2. The second-order valence-corrected chi connectivity index (χ2v) is 10.1. The Morgan fingerprint density at radius 2 is 0.805 bits per heavy atom. The lowest BCUT2D eigenvalue weighted by Crippen LogP contribution is -2.00. The van der Waals surface area contributed by atoms with Gasteiger partial charge in [0.05, 0.1) is 28.6 Å². The molecule has 0 unspecified atom stereocenters. The zero-order chi connectivity index (χ0) is 26.6. The average Bonchev–Trinajstić information content (AvgIpc) is 3.54. The van der Waals surface area contributed by atoms with Gasteiger partial charge in [-0.05, 0) is 53.6 Å². The molecule has 0 radical (unpaired) electrons. The molecule has 194 valence electrons. The molecule has 0 aliphatic carbocycles. The van der Waals surface area contributed by atoms with Crippen molar-refractivity contribution in [3.63, 3.8) is 0 Å². The largest absolute Gasteiger partial charge is 0.309 e. The maximum atomic E-state index is 7.87. The molecule has 0 fully saturated rings. The van der Waals surface area contributed by atoms with Crippen molar-refractivity contribution in [2.75, 3.05) is 0 Å². The summed E-state index contributed by atoms with van der Waals surface area (Å²) in [7, 11) is 0. The van der Waals surface area contributed by atoms with Crippen LogP contribution in [0.5, 0.6) is 0 Å². The van der Waals surface area contributed by atoms with Crippen LogP contribution in [-0.2, 0) is 0 Å². The van der Waals surface area contributed by atoms with Crippen molar-refractivity contribution in [3.8, 4) is 22.5 Å². The van der Waals surface area contributed by atoms with E-state index in [0.717, 1.165) is 44.6 Å². The Bertz CT molecular complexity index is 2050. The third-order valence-electron chi connectivity index (χ3n) is 7.91. The van der Waals surface area contributed by atoms with Gasteiger partial charge in [0.25, 0.3) is 0 Å². The Kier molecular flexibility index (Phi) is 5.70. The van der Waals surface area contributed by atoms with E-state index >= 15 is 0 Å². The number of hydrogen-bond donors (Lipinski definition) is 0. The van der Waals surface area contributed by atoms with E-state index in [1.54, 1.807) is 0 Å². The summed E-state index contributed by atoms with van der Waals surface area (Å²) in [5.74, 6) is 0. The minimum atomic E-state index is 0. The van der Waals surface area contributed by atoms with Crippen molar-refractivity contribution in [1.29, 1.82) is 0 Å². The standard InChI is InChI=1S/C37H23N3.CH4/c1-38-33-17-7-2-12-28(33)25-22-26(39-34-18-8-3-13-29(34)30-14-4-9-19-35(30)39)24-27(23-25)40-36-20-10-5-15-31(36)32-16-6-11-21-37(32)40;/h2-24H;1H4. The van der Waals surface area contributed by atoms with E-state index in [1.807, 2.05) is 24.3 Å². The van der Waals surface area contributed by atoms with Crippen LogP contribution < -0.4 is 0 Å². The first-order valence-corrected chi connectivity index (χ1v) is 13.4. The summed E-state index contributed by atoms with van der Waals surface area (Å²) >= 11 is 0. The molecule has 0 aliphatic rings. The van der Waals surface area contributed by atoms with E-state index in [9.17, 15) is 0 Å². The highest BCUT2D eigenvalue weighted by atomic mass is 15.0. The molecule has 8 aromatic rings. The van der Waals surface area contributed by atoms with Crippen LogP contribution in [0.15, 0.2) is 140 Å². The predicted octanol–water partition coefficient (Wildman–Crippen LogP) is 10.7. The van der Waals surface area contributed by atoms with Crippen molar-refractivity contribution in [2.24, 2.45) is 0 Å². The molecule has 8 rings (SSSR count). The zero-order valence-corrected chi connectivity index (χ0v) is 21.6. The minimum Gasteiger partial charge on any atom is -0.309 e. The van der Waals surface area contributed by atoms with Gasteiger partial charge in [-0.3, -0.25) is 0 Å². The van der Waals surface area contributed by atoms with E-state index in [2.05, 4.69) is 129 Å². The highest BCUT2D eigenvalue weighted by Crippen LogP contribution is 2.39. The Labute approximate surface area is 239 Å². The van der Waals surface area contributed by atoms with Crippen LogP contribution in [0, 0.1) is 6.57 Å². The van der Waals surface area contributed by atoms with Gasteiger partial charge in [0.1, 0.15) is 0 Å². The summed E-state index contributed by atoms with van der Waals surface area (Å²) in [6.45, 7) is 7.87. The van der Waals surface area contributed by atoms with Crippen LogP contribution in [0.25, 0.3) is 71.0 Å². The molecule has 0 saturated carbocycles. The Balaban J connectivity index is 0.00000276. The van der Waals surface area contributed by atoms with Crippen LogP contribution in [-0.4, -0.2) is 9.13 Å². The molecule has 0 saturated heterocycles. The van der Waals surface area contributed by atoms with E-state index in [1.165, 1.54) is 21.5 Å². The van der Waals surface area contributed by atoms with E-state index in [4.69, 9.17) is 6.57 Å². The number of rotatable bonds is 3. The maximum Gasteiger partial charge on any atom is 0.194 e. The van der Waals surface area contributed by atoms with E-state index < -0.39 is 0 Å². The molecule has 0 bridgehead atoms. The Hall–Kier alpha value is -5.59. The van der Waals surface area contributed by atoms with Gasteiger partial charge >= 0.3 is 0 Å². The summed E-state index contributed by atoms with van der Waals surface area (Å²) < 4.78 is 4.71. The van der Waals surface area contributed by atoms with Gasteiger partial charge in [-0.1, -0.05) is 104 Å². The van der Waals surface area contributed by atoms with Gasteiger partial charge in [-0.25, -0.2) is 4.85 Å². The van der Waals surface area contributed by atoms with Crippen molar-refractivity contribution in [1.82, 2.24) is 9.13 Å². The second-order valence-electron chi connectivity index (χ2n) is 10.1. The van der Waals surface area contributed by atoms with Gasteiger partial charge in [0.15, 0.2) is 5.69 Å². The van der Waals surface area contributed by atoms with Gasteiger partial charge in [0, 0.05) is 32.9 Å². The highest BCUT2D eigenvalue weighted by Gasteiger charge is 2.17. The molecule has 0 N–H and O–H groups in total. The lowest BCUT2D eigenvalue weighted by atomic mass is 10.0. The van der Waals surface area contributed by atoms with Crippen molar-refractivity contribution < 1.29 is 0 Å². The first-order valence-electron chi connectivity index (χ1n) is 13.4. The topological polar surface area (TPSA) is 14.2 Å². The molecule has 41 heavy (non-hydrogen) atoms. The fourth-order valence-electron chi connectivity index (χ4n) is 6.23. The van der Waals surface area contributed by atoms with Crippen molar-refractivity contribution in [3.05, 3.63) is 151 Å². The smallest absolute Gasteiger partial charge is 0.194 e. The number of aromatic nitrogens is 2. The fourth-order valence-corrected chi connectivity index (χ4v) is 6.23. The SMILES string of the molecule is C.[C-]#[N+]c1ccccc1-c1cc(-n2c3ccccc3c3ccccc32)cc(-n2c3ccccc3c3ccccc32)c1. The molecule has 0 amide bonds. The van der Waals surface area contributed by atoms with Crippen molar-refractivity contribution in [2.45, 2.75) is 7.43 Å². The summed E-state index contributed by atoms with van der Waals surface area (Å²) in [4.78, 5) is 3.87. The maximum absolute atomic E-state index is 7.87. The summed E-state index contributed by atoms with van der Waals surface area (Å²) in [6.07, 6.45) is 0. The molecule has 0 atom stereocenters. The minimum absolute atomic E-state index is 0. The number of hydrogen-bond acceptors (Lipinski definition) is 0. The number of para-hydroxylation sites is 5. The Morgan fingerprint density at radius 3 is 1.22 bits per heavy atom. The van der Waals surface area contributed by atoms with E-state index in [0.29, 0.717) is 5.69 Å². The highest BCUT2D eigenvalue weighted by molar-refractivity contribution is 6.10. The molecular formula is C38H27N3. The molecule has 3 nitrogen and oxygen atoms in total. The van der Waals surface area contributed by atoms with Crippen molar-refractivity contribution >= 4 is 49.3 Å². The second kappa shape index (κ2) is 9.55. The van der Waals surface area contributed by atoms with Gasteiger partial charge < -0.3 is 9.13 Å². The average molecular weight is 526 g/mol. The molecule has 2 heterocycles. The molecular weight excluding hydrogens is 498 g/mol. The summed E-state index contributed by atoms with van der Waals surface area (Å²) in [6, 6.07) is 49.0. The number of nitrogens with zero attached hydrogens (tertiary/aromatic N) is 3. The summed E-state index contributed by atoms with van der Waals surface area (Å²) in [5.41, 5.74) is 9.36. The molecule has 0 spiro atoms. The first kappa shape index (κ1) is 24.5. The quantitative estimate of drug-likeness (QED) is 0.204. The molecule has 0 aliphatic heterocycles. The zero-order valence-electron chi connectivity index (χ0n) is 21.6. The monoisotopic (exact) mass is 525 g/mol. The van der Waals surface area contributed by atoms with Crippen LogP contribution in [0.1, 0.15) is 7.43 Å². The third kappa shape index (κ3) is 3.66. The van der Waals surface area contributed by atoms with Gasteiger partial charge in [0.2, 0.25) is 0 Å². The van der Waals surface area contributed by atoms with Gasteiger partial charge in [-0.15, -0.1) is 0 Å². The molecule has 6 aromatic carbocycles.